The molecule has 5 N–H and O–H groups in total. The summed E-state index contributed by atoms with van der Waals surface area (Å²) in [6.07, 6.45) is -1.65. The third-order valence-electron chi connectivity index (χ3n) is 4.92. The van der Waals surface area contributed by atoms with Crippen molar-refractivity contribution in [2.75, 3.05) is 13.2 Å². The maximum absolute atomic E-state index is 12.8. The van der Waals surface area contributed by atoms with Crippen LogP contribution in [-0.4, -0.2) is 67.8 Å². The number of esters is 2. The fourth-order valence-corrected chi connectivity index (χ4v) is 3.51. The summed E-state index contributed by atoms with van der Waals surface area (Å²) in [5.74, 6) is -1.81. The summed E-state index contributed by atoms with van der Waals surface area (Å²) < 4.78 is 10.3. The zero-order valence-corrected chi connectivity index (χ0v) is 16.5. The number of carbonyl (C=O) groups excluding carboxylic acids is 2. The number of aliphatic hydroxyl groups excluding tert-OH is 3. The number of pyridine rings is 1. The molecule has 3 aromatic rings. The number of phenolic OH excluding ortho intramolecular Hbond substituents is 1. The van der Waals surface area contributed by atoms with Gasteiger partial charge in [-0.05, 0) is 25.1 Å². The van der Waals surface area contributed by atoms with Crippen molar-refractivity contribution in [2.45, 2.75) is 25.6 Å². The summed E-state index contributed by atoms with van der Waals surface area (Å²) in [4.78, 5) is 32.6. The van der Waals surface area contributed by atoms with E-state index in [-0.39, 0.29) is 40.4 Å². The van der Waals surface area contributed by atoms with Crippen LogP contribution in [0.1, 0.15) is 29.4 Å². The zero-order chi connectivity index (χ0) is 22.3. The first-order valence-electron chi connectivity index (χ1n) is 9.53. The average Bonchev–Trinajstić information content (AvgIpc) is 3.07. The van der Waals surface area contributed by atoms with E-state index in [1.807, 2.05) is 0 Å². The Hall–Kier alpha value is -3.63. The minimum absolute atomic E-state index is 0.000303. The van der Waals surface area contributed by atoms with Gasteiger partial charge in [0.15, 0.2) is 0 Å². The highest BCUT2D eigenvalue weighted by molar-refractivity contribution is 6.20. The molecule has 2 unspecified atom stereocenters. The van der Waals surface area contributed by atoms with Crippen LogP contribution in [0.5, 0.6) is 5.75 Å². The molecule has 10 heteroatoms. The van der Waals surface area contributed by atoms with Crippen LogP contribution < -0.4 is 0 Å². The molecule has 0 radical (unpaired) electrons. The minimum Gasteiger partial charge on any atom is -0.511 e. The molecule has 0 aliphatic carbocycles. The number of H-pyrrole nitrogens is 1. The van der Waals surface area contributed by atoms with Crippen LogP contribution in [0.2, 0.25) is 0 Å². The Bertz CT molecular complexity index is 1230. The fraction of sp³-hybridized carbons (Fsp3) is 0.286. The Labute approximate surface area is 175 Å². The Morgan fingerprint density at radius 3 is 2.84 bits per heavy atom. The Kier molecular flexibility index (Phi) is 5.25. The van der Waals surface area contributed by atoms with Gasteiger partial charge in [0.25, 0.3) is 0 Å². The van der Waals surface area contributed by atoms with Gasteiger partial charge in [0, 0.05) is 23.3 Å². The van der Waals surface area contributed by atoms with Crippen molar-refractivity contribution >= 4 is 39.4 Å². The number of aromatic amines is 1. The van der Waals surface area contributed by atoms with E-state index < -0.39 is 37.4 Å². The van der Waals surface area contributed by atoms with Gasteiger partial charge in [-0.3, -0.25) is 0 Å². The van der Waals surface area contributed by atoms with Crippen molar-refractivity contribution in [3.63, 3.8) is 0 Å². The molecular formula is C21H20N2O8. The molecule has 31 heavy (non-hydrogen) atoms. The summed E-state index contributed by atoms with van der Waals surface area (Å²) in [5, 5.41) is 39.5. The molecule has 0 saturated carbocycles. The van der Waals surface area contributed by atoms with Crippen LogP contribution >= 0.6 is 0 Å². The number of carbonyl (C=O) groups is 2. The maximum atomic E-state index is 12.8. The number of aromatic nitrogens is 2. The van der Waals surface area contributed by atoms with Gasteiger partial charge in [0.1, 0.15) is 41.5 Å². The minimum atomic E-state index is -1.25. The average molecular weight is 428 g/mol. The molecule has 1 aromatic carbocycles. The standard InChI is InChI=1S/C21H20N2O8/c1-9-4-16(27)18(21(29)31-9)15-6-13(20(28)30-8-11(26)7-24)17-12-3-2-10(25)5-14(12)22-19(17)23-15/h2-3,5-6,9,11,24-27H,4,7-8H2,1H3,(H,22,23). The van der Waals surface area contributed by atoms with Crippen molar-refractivity contribution in [3.8, 4) is 5.75 Å². The number of phenols is 1. The molecule has 0 amide bonds. The van der Waals surface area contributed by atoms with Gasteiger partial charge in [0.05, 0.1) is 23.4 Å². The molecule has 3 heterocycles. The number of nitrogens with zero attached hydrogens (tertiary/aromatic N) is 1. The van der Waals surface area contributed by atoms with Crippen molar-refractivity contribution in [1.82, 2.24) is 9.97 Å². The second-order valence-corrected chi connectivity index (χ2v) is 7.31. The van der Waals surface area contributed by atoms with E-state index in [9.17, 15) is 24.9 Å². The van der Waals surface area contributed by atoms with Crippen molar-refractivity contribution in [3.05, 3.63) is 41.3 Å². The largest absolute Gasteiger partial charge is 0.511 e. The molecule has 162 valence electrons. The molecule has 1 aliphatic heterocycles. The predicted molar refractivity (Wildman–Crippen MR) is 108 cm³/mol. The second-order valence-electron chi connectivity index (χ2n) is 7.31. The Morgan fingerprint density at radius 1 is 1.35 bits per heavy atom. The van der Waals surface area contributed by atoms with Crippen molar-refractivity contribution in [1.29, 1.82) is 0 Å². The topological polar surface area (TPSA) is 162 Å². The summed E-state index contributed by atoms with van der Waals surface area (Å²) in [6, 6.07) is 5.80. The van der Waals surface area contributed by atoms with E-state index in [1.165, 1.54) is 18.2 Å². The smallest absolute Gasteiger partial charge is 0.344 e. The van der Waals surface area contributed by atoms with Gasteiger partial charge < -0.3 is 34.9 Å². The number of nitrogens with one attached hydrogen (secondary N) is 1. The highest BCUT2D eigenvalue weighted by atomic mass is 16.5. The quantitative estimate of drug-likeness (QED) is 0.379. The van der Waals surface area contributed by atoms with Gasteiger partial charge in [-0.2, -0.15) is 0 Å². The second kappa shape index (κ2) is 7.89. The van der Waals surface area contributed by atoms with Gasteiger partial charge in [0.2, 0.25) is 0 Å². The lowest BCUT2D eigenvalue weighted by Crippen LogP contribution is -2.24. The fourth-order valence-electron chi connectivity index (χ4n) is 3.51. The summed E-state index contributed by atoms with van der Waals surface area (Å²) >= 11 is 0. The molecule has 4 rings (SSSR count). The van der Waals surface area contributed by atoms with Crippen molar-refractivity contribution in [2.24, 2.45) is 0 Å². The highest BCUT2D eigenvalue weighted by Crippen LogP contribution is 2.34. The number of rotatable bonds is 5. The van der Waals surface area contributed by atoms with Crippen LogP contribution in [0, 0.1) is 0 Å². The third-order valence-corrected chi connectivity index (χ3v) is 4.92. The molecule has 0 spiro atoms. The van der Waals surface area contributed by atoms with Crippen LogP contribution in [0.25, 0.3) is 27.5 Å². The monoisotopic (exact) mass is 428 g/mol. The Balaban J connectivity index is 1.92. The molecule has 0 saturated heterocycles. The van der Waals surface area contributed by atoms with E-state index in [4.69, 9.17) is 14.6 Å². The first-order chi connectivity index (χ1) is 14.8. The molecule has 0 bridgehead atoms. The zero-order valence-electron chi connectivity index (χ0n) is 16.5. The van der Waals surface area contributed by atoms with E-state index in [2.05, 4.69) is 9.97 Å². The van der Waals surface area contributed by atoms with Crippen LogP contribution in [0.4, 0.5) is 0 Å². The van der Waals surface area contributed by atoms with Crippen LogP contribution in [0.3, 0.4) is 0 Å². The van der Waals surface area contributed by atoms with Gasteiger partial charge in [-0.15, -0.1) is 0 Å². The van der Waals surface area contributed by atoms with Crippen LogP contribution in [-0.2, 0) is 14.3 Å². The molecule has 1 aliphatic rings. The number of aromatic hydroxyl groups is 1. The van der Waals surface area contributed by atoms with E-state index in [1.54, 1.807) is 13.0 Å². The summed E-state index contributed by atoms with van der Waals surface area (Å²) in [5.41, 5.74) is 0.577. The predicted octanol–water partition coefficient (Wildman–Crippen LogP) is 1.54. The third kappa shape index (κ3) is 3.78. The van der Waals surface area contributed by atoms with Gasteiger partial charge >= 0.3 is 11.9 Å². The van der Waals surface area contributed by atoms with E-state index in [0.717, 1.165) is 0 Å². The maximum Gasteiger partial charge on any atom is 0.344 e. The Morgan fingerprint density at radius 2 is 2.13 bits per heavy atom. The lowest BCUT2D eigenvalue weighted by atomic mass is 10.0. The number of hydrogen-bond donors (Lipinski definition) is 5. The number of cyclic esters (lactones) is 1. The molecule has 0 fully saturated rings. The number of ether oxygens (including phenoxy) is 2. The van der Waals surface area contributed by atoms with Crippen LogP contribution in [0.15, 0.2) is 30.0 Å². The molecular weight excluding hydrogens is 408 g/mol. The normalized spacial score (nSPS) is 17.8. The SMILES string of the molecule is CC1CC(O)=C(c2cc(C(=O)OCC(O)CO)c3c(n2)[nH]c2cc(O)ccc23)C(=O)O1. The lowest BCUT2D eigenvalue weighted by Gasteiger charge is -2.21. The number of hydrogen-bond acceptors (Lipinski definition) is 9. The van der Waals surface area contributed by atoms with E-state index >= 15 is 0 Å². The summed E-state index contributed by atoms with van der Waals surface area (Å²) in [6.45, 7) is 0.619. The first kappa shape index (κ1) is 20.6. The first-order valence-corrected chi connectivity index (χ1v) is 9.53. The number of benzene rings is 1. The lowest BCUT2D eigenvalue weighted by molar-refractivity contribution is -0.142. The summed E-state index contributed by atoms with van der Waals surface area (Å²) in [7, 11) is 0. The van der Waals surface area contributed by atoms with Gasteiger partial charge in [-0.1, -0.05) is 0 Å². The molecule has 2 atom stereocenters. The molecule has 10 nitrogen and oxygen atoms in total. The molecule has 2 aromatic heterocycles. The number of fused-ring (bicyclic) bond motifs is 3. The van der Waals surface area contributed by atoms with Gasteiger partial charge in [-0.25, -0.2) is 14.6 Å². The highest BCUT2D eigenvalue weighted by Gasteiger charge is 2.30. The number of aliphatic hydroxyl groups is 3. The van der Waals surface area contributed by atoms with Crippen molar-refractivity contribution < 1.29 is 39.5 Å². The van der Waals surface area contributed by atoms with E-state index in [0.29, 0.717) is 16.3 Å².